The van der Waals surface area contributed by atoms with Crippen molar-refractivity contribution in [1.29, 1.82) is 0 Å². The van der Waals surface area contributed by atoms with Gasteiger partial charge in [-0.1, -0.05) is 0 Å². The van der Waals surface area contributed by atoms with Gasteiger partial charge in [-0.25, -0.2) is 4.79 Å². The molecule has 1 aromatic heterocycles. The molecule has 0 saturated carbocycles. The second-order valence-corrected chi connectivity index (χ2v) is 5.32. The number of H-pyrrole nitrogens is 1. The molecule has 17 heavy (non-hydrogen) atoms. The molecule has 94 valence electrons. The van der Waals surface area contributed by atoms with Crippen LogP contribution in [0.1, 0.15) is 39.3 Å². The largest absolute Gasteiger partial charge is 0.443 e. The number of amides is 1. The van der Waals surface area contributed by atoms with Gasteiger partial charge in [-0.05, 0) is 40.0 Å². The van der Waals surface area contributed by atoms with E-state index < -0.39 is 5.60 Å². The number of ether oxygens (including phenoxy) is 1. The number of aryl methyl sites for hydroxylation is 1. The standard InChI is InChI=1S/C12H19N3O2/c1-12(2,3)17-11(16)15-7-5-4-6-9-10(15)8-13-14-9/h8H,4-7H2,1-3H3,(H,13,14). The average molecular weight is 237 g/mol. The molecule has 0 aromatic carbocycles. The van der Waals surface area contributed by atoms with E-state index in [0.717, 1.165) is 30.6 Å². The zero-order valence-corrected chi connectivity index (χ0v) is 10.6. The van der Waals surface area contributed by atoms with Gasteiger partial charge in [0.05, 0.1) is 17.6 Å². The number of rotatable bonds is 0. The molecule has 0 fully saturated rings. The second kappa shape index (κ2) is 4.39. The van der Waals surface area contributed by atoms with Crippen LogP contribution in [0.4, 0.5) is 10.5 Å². The van der Waals surface area contributed by atoms with Gasteiger partial charge in [0.15, 0.2) is 0 Å². The summed E-state index contributed by atoms with van der Waals surface area (Å²) in [5.74, 6) is 0. The number of carbonyl (C=O) groups excluding carboxylic acids is 1. The topological polar surface area (TPSA) is 58.2 Å². The third kappa shape index (κ3) is 2.78. The lowest BCUT2D eigenvalue weighted by Crippen LogP contribution is -2.37. The Labute approximate surface area is 101 Å². The van der Waals surface area contributed by atoms with Crippen molar-refractivity contribution in [3.8, 4) is 0 Å². The highest BCUT2D eigenvalue weighted by atomic mass is 16.6. The summed E-state index contributed by atoms with van der Waals surface area (Å²) in [5, 5.41) is 6.95. The van der Waals surface area contributed by atoms with Gasteiger partial charge in [0.2, 0.25) is 0 Å². The van der Waals surface area contributed by atoms with Crippen molar-refractivity contribution in [3.05, 3.63) is 11.9 Å². The zero-order chi connectivity index (χ0) is 12.5. The monoisotopic (exact) mass is 237 g/mol. The Hall–Kier alpha value is -1.52. The van der Waals surface area contributed by atoms with Gasteiger partial charge in [-0.15, -0.1) is 0 Å². The van der Waals surface area contributed by atoms with E-state index in [9.17, 15) is 4.79 Å². The van der Waals surface area contributed by atoms with Crippen molar-refractivity contribution in [2.75, 3.05) is 11.4 Å². The molecule has 0 radical (unpaired) electrons. The predicted octanol–water partition coefficient (Wildman–Crippen LogP) is 2.49. The first-order valence-electron chi connectivity index (χ1n) is 6.00. The van der Waals surface area contributed by atoms with Crippen LogP contribution < -0.4 is 4.90 Å². The number of nitrogens with zero attached hydrogens (tertiary/aromatic N) is 2. The number of hydrogen-bond donors (Lipinski definition) is 1. The summed E-state index contributed by atoms with van der Waals surface area (Å²) in [6, 6.07) is 0. The molecule has 5 nitrogen and oxygen atoms in total. The van der Waals surface area contributed by atoms with Crippen molar-refractivity contribution in [1.82, 2.24) is 10.2 Å². The van der Waals surface area contributed by atoms with E-state index in [1.807, 2.05) is 20.8 Å². The number of hydrogen-bond acceptors (Lipinski definition) is 3. The van der Waals surface area contributed by atoms with E-state index in [0.29, 0.717) is 6.54 Å². The van der Waals surface area contributed by atoms with Crippen LogP contribution in [0.5, 0.6) is 0 Å². The van der Waals surface area contributed by atoms with E-state index in [4.69, 9.17) is 4.74 Å². The summed E-state index contributed by atoms with van der Waals surface area (Å²) in [5.41, 5.74) is 1.41. The van der Waals surface area contributed by atoms with Gasteiger partial charge >= 0.3 is 6.09 Å². The van der Waals surface area contributed by atoms with Crippen molar-refractivity contribution in [2.24, 2.45) is 0 Å². The minimum Gasteiger partial charge on any atom is -0.443 e. The summed E-state index contributed by atoms with van der Waals surface area (Å²) >= 11 is 0. The lowest BCUT2D eigenvalue weighted by Gasteiger charge is -2.26. The second-order valence-electron chi connectivity index (χ2n) is 5.32. The Morgan fingerprint density at radius 3 is 2.94 bits per heavy atom. The lowest BCUT2D eigenvalue weighted by molar-refractivity contribution is 0.0580. The van der Waals surface area contributed by atoms with Gasteiger partial charge in [0, 0.05) is 6.54 Å². The Morgan fingerprint density at radius 2 is 2.24 bits per heavy atom. The van der Waals surface area contributed by atoms with Gasteiger partial charge in [-0.2, -0.15) is 5.10 Å². The van der Waals surface area contributed by atoms with E-state index in [-0.39, 0.29) is 6.09 Å². The molecule has 0 aliphatic carbocycles. The minimum atomic E-state index is -0.465. The van der Waals surface area contributed by atoms with Gasteiger partial charge in [-0.3, -0.25) is 10.00 Å². The van der Waals surface area contributed by atoms with Crippen molar-refractivity contribution in [3.63, 3.8) is 0 Å². The fraction of sp³-hybridized carbons (Fsp3) is 0.667. The molecule has 2 heterocycles. The molecule has 0 saturated heterocycles. The molecule has 1 aliphatic rings. The molecule has 0 spiro atoms. The fourth-order valence-electron chi connectivity index (χ4n) is 1.92. The lowest BCUT2D eigenvalue weighted by atomic mass is 10.2. The molecular weight excluding hydrogens is 218 g/mol. The van der Waals surface area contributed by atoms with Crippen LogP contribution in [0.15, 0.2) is 6.20 Å². The Morgan fingerprint density at radius 1 is 1.47 bits per heavy atom. The fourth-order valence-corrected chi connectivity index (χ4v) is 1.92. The number of anilines is 1. The van der Waals surface area contributed by atoms with E-state index in [1.165, 1.54) is 0 Å². The molecule has 1 aromatic rings. The van der Waals surface area contributed by atoms with Crippen molar-refractivity contribution >= 4 is 11.8 Å². The van der Waals surface area contributed by atoms with Crippen LogP contribution in [0, 0.1) is 0 Å². The highest BCUT2D eigenvalue weighted by molar-refractivity contribution is 5.88. The highest BCUT2D eigenvalue weighted by Gasteiger charge is 2.27. The smallest absolute Gasteiger partial charge is 0.414 e. The quantitative estimate of drug-likeness (QED) is 0.754. The van der Waals surface area contributed by atoms with Crippen molar-refractivity contribution in [2.45, 2.75) is 45.6 Å². The first-order valence-corrected chi connectivity index (χ1v) is 6.00. The maximum Gasteiger partial charge on any atom is 0.414 e. The summed E-state index contributed by atoms with van der Waals surface area (Å²) < 4.78 is 5.40. The number of nitrogens with one attached hydrogen (secondary N) is 1. The summed E-state index contributed by atoms with van der Waals surface area (Å²) in [6.45, 7) is 6.32. The average Bonchev–Trinajstić information content (AvgIpc) is 2.55. The maximum atomic E-state index is 12.1. The first kappa shape index (κ1) is 12.0. The van der Waals surface area contributed by atoms with Crippen LogP contribution in [-0.2, 0) is 11.2 Å². The minimum absolute atomic E-state index is 0.290. The van der Waals surface area contributed by atoms with Crippen LogP contribution in [0.25, 0.3) is 0 Å². The molecule has 1 aliphatic heterocycles. The van der Waals surface area contributed by atoms with E-state index in [2.05, 4.69) is 10.2 Å². The van der Waals surface area contributed by atoms with Crippen LogP contribution in [0.2, 0.25) is 0 Å². The van der Waals surface area contributed by atoms with Crippen LogP contribution in [0.3, 0.4) is 0 Å². The maximum absolute atomic E-state index is 12.1. The Balaban J connectivity index is 2.19. The summed E-state index contributed by atoms with van der Waals surface area (Å²) in [7, 11) is 0. The molecule has 1 N–H and O–H groups in total. The number of aromatic amines is 1. The van der Waals surface area contributed by atoms with Crippen molar-refractivity contribution < 1.29 is 9.53 Å². The molecule has 1 amide bonds. The molecule has 0 atom stereocenters. The molecule has 5 heteroatoms. The van der Waals surface area contributed by atoms with Crippen LogP contribution >= 0.6 is 0 Å². The normalized spacial score (nSPS) is 16.3. The summed E-state index contributed by atoms with van der Waals surface area (Å²) in [6.07, 6.45) is 4.40. The highest BCUT2D eigenvalue weighted by Crippen LogP contribution is 2.25. The summed E-state index contributed by atoms with van der Waals surface area (Å²) in [4.78, 5) is 13.8. The molecular formula is C12H19N3O2. The van der Waals surface area contributed by atoms with E-state index in [1.54, 1.807) is 11.1 Å². The molecule has 2 rings (SSSR count). The molecule has 0 unspecified atom stereocenters. The van der Waals surface area contributed by atoms with E-state index >= 15 is 0 Å². The zero-order valence-electron chi connectivity index (χ0n) is 10.6. The predicted molar refractivity (Wildman–Crippen MR) is 65.1 cm³/mol. The number of fused-ring (bicyclic) bond motifs is 1. The Kier molecular flexibility index (Phi) is 3.09. The van der Waals surface area contributed by atoms with Gasteiger partial charge in [0.1, 0.15) is 5.60 Å². The number of carbonyl (C=O) groups is 1. The van der Waals surface area contributed by atoms with Crippen LogP contribution in [-0.4, -0.2) is 28.4 Å². The first-order chi connectivity index (χ1) is 7.97. The third-order valence-electron chi connectivity index (χ3n) is 2.66. The molecule has 0 bridgehead atoms. The third-order valence-corrected chi connectivity index (χ3v) is 2.66. The number of aromatic nitrogens is 2. The SMILES string of the molecule is CC(C)(C)OC(=O)N1CCCCc2[nH]ncc21. The Bertz CT molecular complexity index is 406. The van der Waals surface area contributed by atoms with Gasteiger partial charge < -0.3 is 4.74 Å². The van der Waals surface area contributed by atoms with Gasteiger partial charge in [0.25, 0.3) is 0 Å².